The molecule has 0 saturated heterocycles. The van der Waals surface area contributed by atoms with Crippen LogP contribution in [0, 0.1) is 0 Å². The summed E-state index contributed by atoms with van der Waals surface area (Å²) in [6.45, 7) is 5.83. The highest BCUT2D eigenvalue weighted by atomic mass is 16.5. The normalized spacial score (nSPS) is 12.9. The van der Waals surface area contributed by atoms with E-state index in [4.69, 9.17) is 15.2 Å². The van der Waals surface area contributed by atoms with E-state index in [9.17, 15) is 19.2 Å². The number of benzene rings is 1. The third kappa shape index (κ3) is 4.96. The van der Waals surface area contributed by atoms with E-state index in [0.717, 1.165) is 21.9 Å². The van der Waals surface area contributed by atoms with Crippen molar-refractivity contribution < 1.29 is 19.1 Å². The van der Waals surface area contributed by atoms with Crippen LogP contribution in [0.1, 0.15) is 41.8 Å². The van der Waals surface area contributed by atoms with Crippen molar-refractivity contribution in [2.24, 2.45) is 5.73 Å². The molecule has 1 aliphatic rings. The second-order valence-electron chi connectivity index (χ2n) is 7.11. The number of hydrogen-bond acceptors (Lipinski definition) is 6. The first-order chi connectivity index (χ1) is 14.8. The van der Waals surface area contributed by atoms with Crippen LogP contribution in [0.25, 0.3) is 0 Å². The van der Waals surface area contributed by atoms with Crippen molar-refractivity contribution >= 4 is 11.8 Å². The maximum atomic E-state index is 12.7. The second-order valence-corrected chi connectivity index (χ2v) is 7.11. The van der Waals surface area contributed by atoms with Gasteiger partial charge in [-0.05, 0) is 43.5 Å². The van der Waals surface area contributed by atoms with E-state index in [1.54, 1.807) is 4.90 Å². The number of primary amides is 1. The van der Waals surface area contributed by atoms with Gasteiger partial charge in [-0.2, -0.15) is 0 Å². The van der Waals surface area contributed by atoms with Gasteiger partial charge in [0.1, 0.15) is 5.56 Å². The van der Waals surface area contributed by atoms with Gasteiger partial charge in [-0.25, -0.2) is 4.79 Å². The zero-order valence-electron chi connectivity index (χ0n) is 17.6. The molecule has 1 aromatic heterocycles. The number of nitrogens with two attached hydrogens (primary N) is 1. The minimum absolute atomic E-state index is 0.0194. The zero-order valence-corrected chi connectivity index (χ0v) is 17.6. The van der Waals surface area contributed by atoms with Crippen molar-refractivity contribution in [1.82, 2.24) is 14.5 Å². The number of amides is 2. The van der Waals surface area contributed by atoms with Gasteiger partial charge >= 0.3 is 5.69 Å². The molecular formula is C21H26N4O6. The van der Waals surface area contributed by atoms with Crippen molar-refractivity contribution in [3.05, 3.63) is 55.9 Å². The highest BCUT2D eigenvalue weighted by Gasteiger charge is 2.23. The van der Waals surface area contributed by atoms with Crippen molar-refractivity contribution in [2.45, 2.75) is 39.8 Å². The van der Waals surface area contributed by atoms with Gasteiger partial charge < -0.3 is 20.1 Å². The van der Waals surface area contributed by atoms with E-state index in [1.165, 1.54) is 0 Å². The van der Waals surface area contributed by atoms with Gasteiger partial charge in [-0.15, -0.1) is 0 Å². The average Bonchev–Trinajstić information content (AvgIpc) is 2.73. The number of hydrogen-bond donors (Lipinski definition) is 2. The maximum absolute atomic E-state index is 12.7. The Morgan fingerprint density at radius 3 is 2.35 bits per heavy atom. The van der Waals surface area contributed by atoms with Gasteiger partial charge in [0.2, 0.25) is 5.91 Å². The number of ether oxygens (including phenoxy) is 2. The van der Waals surface area contributed by atoms with Crippen LogP contribution in [-0.2, 0) is 24.3 Å². The first kappa shape index (κ1) is 22.1. The Bertz CT molecular complexity index is 1100. The van der Waals surface area contributed by atoms with E-state index in [-0.39, 0.29) is 24.4 Å². The molecule has 2 aromatic rings. The molecule has 0 bridgehead atoms. The molecule has 10 nitrogen and oxygen atoms in total. The van der Waals surface area contributed by atoms with Gasteiger partial charge in [-0.3, -0.25) is 23.9 Å². The summed E-state index contributed by atoms with van der Waals surface area (Å²) < 4.78 is 12.5. The average molecular weight is 430 g/mol. The molecule has 1 aliphatic heterocycles. The molecule has 0 unspecified atom stereocenters. The molecule has 0 saturated carbocycles. The fourth-order valence-electron chi connectivity index (χ4n) is 3.54. The number of nitrogens with zero attached hydrogens (tertiary/aromatic N) is 2. The second kappa shape index (κ2) is 9.50. The highest BCUT2D eigenvalue weighted by Crippen LogP contribution is 2.34. The van der Waals surface area contributed by atoms with Crippen LogP contribution in [-0.4, -0.2) is 46.0 Å². The number of carbonyl (C=O) groups is 2. The largest absolute Gasteiger partial charge is 0.490 e. The number of aryl methyl sites for hydroxylation is 1. The first-order valence-electron chi connectivity index (χ1n) is 10.2. The molecule has 1 aromatic carbocycles. The van der Waals surface area contributed by atoms with Crippen LogP contribution in [0.5, 0.6) is 11.5 Å². The van der Waals surface area contributed by atoms with Gasteiger partial charge in [0, 0.05) is 32.3 Å². The fraction of sp³-hybridized carbons (Fsp3) is 0.429. The zero-order chi connectivity index (χ0) is 22.5. The predicted molar refractivity (Wildman–Crippen MR) is 112 cm³/mol. The number of nitrogens with one attached hydrogen (secondary N) is 1. The number of H-pyrrole nitrogens is 1. The Labute approximate surface area is 178 Å². The molecule has 2 heterocycles. The van der Waals surface area contributed by atoms with Crippen molar-refractivity contribution in [1.29, 1.82) is 0 Å². The summed E-state index contributed by atoms with van der Waals surface area (Å²) in [6.07, 6.45) is 1.80. The van der Waals surface area contributed by atoms with Crippen molar-refractivity contribution in [3.63, 3.8) is 0 Å². The molecule has 10 heteroatoms. The molecule has 166 valence electrons. The topological polar surface area (TPSA) is 137 Å². The molecule has 2 amide bonds. The molecule has 0 aliphatic carbocycles. The highest BCUT2D eigenvalue weighted by molar-refractivity contribution is 5.91. The lowest BCUT2D eigenvalue weighted by atomic mass is 9.98. The van der Waals surface area contributed by atoms with Gasteiger partial charge in [0.25, 0.3) is 11.5 Å². The van der Waals surface area contributed by atoms with E-state index in [2.05, 4.69) is 0 Å². The number of carbonyl (C=O) groups excluding carboxylic acids is 2. The summed E-state index contributed by atoms with van der Waals surface area (Å²) in [5, 5.41) is 0. The summed E-state index contributed by atoms with van der Waals surface area (Å²) in [6, 6.07) is 3.88. The molecule has 0 spiro atoms. The molecular weight excluding hydrogens is 404 g/mol. The van der Waals surface area contributed by atoms with Crippen molar-refractivity contribution in [3.8, 4) is 11.5 Å². The minimum Gasteiger partial charge on any atom is -0.490 e. The lowest BCUT2D eigenvalue weighted by molar-refractivity contribution is -0.132. The number of aromatic amines is 1. The number of rotatable bonds is 8. The standard InChI is InChI=1S/C21H26N4O6/c1-3-30-16-9-13-5-7-24(11-14(13)10-17(16)31-4-2)18(26)6-8-25-12-15(19(22)27)20(28)23-21(25)29/h9-10,12H,3-8,11H2,1-2H3,(H2,22,27)(H,23,28,29). The minimum atomic E-state index is -0.939. The van der Waals surface area contributed by atoms with Gasteiger partial charge in [0.05, 0.1) is 13.2 Å². The third-order valence-corrected chi connectivity index (χ3v) is 5.07. The summed E-state index contributed by atoms with van der Waals surface area (Å²) in [4.78, 5) is 51.4. The van der Waals surface area contributed by atoms with Gasteiger partial charge in [-0.1, -0.05) is 0 Å². The molecule has 3 N–H and O–H groups in total. The Balaban J connectivity index is 1.72. The number of fused-ring (bicyclic) bond motifs is 1. The van der Waals surface area contributed by atoms with E-state index in [0.29, 0.717) is 44.2 Å². The van der Waals surface area contributed by atoms with Gasteiger partial charge in [0.15, 0.2) is 11.5 Å². The van der Waals surface area contributed by atoms with Crippen LogP contribution in [0.2, 0.25) is 0 Å². The third-order valence-electron chi connectivity index (χ3n) is 5.07. The number of aromatic nitrogens is 2. The molecule has 31 heavy (non-hydrogen) atoms. The quantitative estimate of drug-likeness (QED) is 0.622. The van der Waals surface area contributed by atoms with Crippen molar-refractivity contribution in [2.75, 3.05) is 19.8 Å². The Morgan fingerprint density at radius 2 is 1.74 bits per heavy atom. The summed E-state index contributed by atoms with van der Waals surface area (Å²) >= 11 is 0. The maximum Gasteiger partial charge on any atom is 0.328 e. The van der Waals surface area contributed by atoms with Crippen LogP contribution in [0.4, 0.5) is 0 Å². The Kier molecular flexibility index (Phi) is 6.78. The van der Waals surface area contributed by atoms with E-state index < -0.39 is 17.2 Å². The summed E-state index contributed by atoms with van der Waals surface area (Å²) in [5.74, 6) is 0.267. The van der Waals surface area contributed by atoms with Crippen LogP contribution < -0.4 is 26.5 Å². The predicted octanol–water partition coefficient (Wildman–Crippen LogP) is 0.408. The van der Waals surface area contributed by atoms with Crippen LogP contribution >= 0.6 is 0 Å². The Hall–Kier alpha value is -3.56. The summed E-state index contributed by atoms with van der Waals surface area (Å²) in [7, 11) is 0. The molecule has 0 atom stereocenters. The lowest BCUT2D eigenvalue weighted by Crippen LogP contribution is -2.38. The molecule has 3 rings (SSSR count). The summed E-state index contributed by atoms with van der Waals surface area (Å²) in [5.41, 5.74) is 5.38. The SMILES string of the molecule is CCOc1cc2c(cc1OCC)CN(C(=O)CCn1cc(C(N)=O)c(=O)[nH]c1=O)CC2. The van der Waals surface area contributed by atoms with Crippen LogP contribution in [0.15, 0.2) is 27.9 Å². The Morgan fingerprint density at radius 1 is 1.10 bits per heavy atom. The van der Waals surface area contributed by atoms with Crippen LogP contribution in [0.3, 0.4) is 0 Å². The first-order valence-corrected chi connectivity index (χ1v) is 10.2. The monoisotopic (exact) mass is 430 g/mol. The van der Waals surface area contributed by atoms with E-state index >= 15 is 0 Å². The lowest BCUT2D eigenvalue weighted by Gasteiger charge is -2.30. The molecule has 0 fully saturated rings. The van der Waals surface area contributed by atoms with E-state index in [1.807, 2.05) is 31.0 Å². The molecule has 0 radical (unpaired) electrons. The smallest absolute Gasteiger partial charge is 0.328 e. The fourth-order valence-corrected chi connectivity index (χ4v) is 3.54.